The highest BCUT2D eigenvalue weighted by atomic mass is 32.2. The normalized spacial score (nSPS) is 12.9. The lowest BCUT2D eigenvalue weighted by Crippen LogP contribution is -2.31. The maximum atomic E-state index is 12.8. The molecule has 1 atom stereocenters. The van der Waals surface area contributed by atoms with E-state index < -0.39 is 39.0 Å². The van der Waals surface area contributed by atoms with Gasteiger partial charge in [-0.15, -0.1) is 0 Å². The van der Waals surface area contributed by atoms with Gasteiger partial charge in [-0.1, -0.05) is 12.1 Å². The molecule has 1 N–H and O–H groups in total. The first-order chi connectivity index (χ1) is 13.5. The van der Waals surface area contributed by atoms with E-state index in [-0.39, 0.29) is 18.7 Å². The molecule has 2 aromatic carbocycles. The van der Waals surface area contributed by atoms with Crippen LogP contribution in [0.5, 0.6) is 11.5 Å². The summed E-state index contributed by atoms with van der Waals surface area (Å²) in [6.45, 7) is 1.73. The van der Waals surface area contributed by atoms with Crippen LogP contribution in [0, 0.1) is 5.82 Å². The third-order valence-corrected chi connectivity index (χ3v) is 4.70. The minimum Gasteiger partial charge on any atom is -0.492 e. The summed E-state index contributed by atoms with van der Waals surface area (Å²) >= 11 is 0. The number of hydrogen-bond acceptors (Lipinski definition) is 5. The molecule has 1 amide bonds. The van der Waals surface area contributed by atoms with Crippen LogP contribution in [0.1, 0.15) is 18.4 Å². The third kappa shape index (κ3) is 6.34. The van der Waals surface area contributed by atoms with E-state index in [2.05, 4.69) is 9.50 Å². The van der Waals surface area contributed by atoms with E-state index in [1.807, 2.05) is 0 Å². The molecule has 2 rings (SSSR count). The molecule has 0 heterocycles. The van der Waals surface area contributed by atoms with Crippen LogP contribution in [0.3, 0.4) is 0 Å². The molecular formula is C18H17F4NO5S. The van der Waals surface area contributed by atoms with E-state index in [1.165, 1.54) is 43.3 Å². The number of rotatable bonds is 8. The summed E-state index contributed by atoms with van der Waals surface area (Å²) in [4.78, 5) is 12.2. The van der Waals surface area contributed by atoms with Crippen LogP contribution in [0.25, 0.3) is 0 Å². The van der Waals surface area contributed by atoms with Crippen molar-refractivity contribution in [3.05, 3.63) is 59.9 Å². The molecule has 0 saturated carbocycles. The van der Waals surface area contributed by atoms with Gasteiger partial charge in [-0.05, 0) is 48.9 Å². The summed E-state index contributed by atoms with van der Waals surface area (Å²) in [7, 11) is -5.80. The van der Waals surface area contributed by atoms with Crippen molar-refractivity contribution in [2.24, 2.45) is 0 Å². The molecule has 11 heteroatoms. The van der Waals surface area contributed by atoms with Gasteiger partial charge >= 0.3 is 15.6 Å². The lowest BCUT2D eigenvalue weighted by atomic mass is 10.0. The van der Waals surface area contributed by atoms with Gasteiger partial charge in [0.25, 0.3) is 0 Å². The Hall–Kier alpha value is -2.82. The minimum atomic E-state index is -5.80. The summed E-state index contributed by atoms with van der Waals surface area (Å²) in [5, 5.41) is 2.58. The van der Waals surface area contributed by atoms with Crippen LogP contribution in [0.4, 0.5) is 17.6 Å². The highest BCUT2D eigenvalue weighted by Crippen LogP contribution is 2.28. The molecule has 0 bridgehead atoms. The van der Waals surface area contributed by atoms with Crippen molar-refractivity contribution in [3.8, 4) is 11.5 Å². The van der Waals surface area contributed by atoms with E-state index in [0.717, 1.165) is 12.1 Å². The monoisotopic (exact) mass is 435 g/mol. The summed E-state index contributed by atoms with van der Waals surface area (Å²) in [5.74, 6) is -1.79. The maximum Gasteiger partial charge on any atom is 0.534 e. The Kier molecular flexibility index (Phi) is 7.07. The summed E-state index contributed by atoms with van der Waals surface area (Å²) in [6, 6.07) is 10.1. The molecule has 158 valence electrons. The van der Waals surface area contributed by atoms with Crippen LogP contribution in [0.2, 0.25) is 0 Å². The van der Waals surface area contributed by atoms with Crippen LogP contribution in [-0.2, 0) is 14.9 Å². The van der Waals surface area contributed by atoms with Gasteiger partial charge in [-0.2, -0.15) is 21.6 Å². The van der Waals surface area contributed by atoms with Gasteiger partial charge in [0.2, 0.25) is 5.91 Å². The number of ether oxygens (including phenoxy) is 1. The number of carbonyl (C=O) groups is 1. The SMILES string of the molecule is CC(C(=O)NCCOc1ccc(F)cc1)c1cccc(OS(=O)(=O)C(F)(F)F)c1. The second kappa shape index (κ2) is 9.12. The standard InChI is InChI=1S/C18H17F4NO5S/c1-12(17(24)23-9-10-27-15-7-5-14(19)6-8-15)13-3-2-4-16(11-13)28-29(25,26)18(20,21)22/h2-8,11-12H,9-10H2,1H3,(H,23,24). The lowest BCUT2D eigenvalue weighted by molar-refractivity contribution is -0.122. The number of carbonyl (C=O) groups excluding carboxylic acids is 1. The summed E-state index contributed by atoms with van der Waals surface area (Å²) in [5.41, 5.74) is -5.30. The lowest BCUT2D eigenvalue weighted by Gasteiger charge is -2.15. The van der Waals surface area contributed by atoms with Gasteiger partial charge < -0.3 is 14.2 Å². The Morgan fingerprint density at radius 2 is 1.76 bits per heavy atom. The van der Waals surface area contributed by atoms with Crippen LogP contribution >= 0.6 is 0 Å². The Morgan fingerprint density at radius 3 is 2.38 bits per heavy atom. The first kappa shape index (κ1) is 22.5. The van der Waals surface area contributed by atoms with Crippen LogP contribution in [-0.4, -0.2) is 33.0 Å². The zero-order chi connectivity index (χ0) is 21.7. The van der Waals surface area contributed by atoms with Crippen molar-refractivity contribution < 1.29 is 39.7 Å². The molecule has 0 saturated heterocycles. The smallest absolute Gasteiger partial charge is 0.492 e. The van der Waals surface area contributed by atoms with Crippen molar-refractivity contribution >= 4 is 16.0 Å². The molecule has 0 fully saturated rings. The third-order valence-electron chi connectivity index (χ3n) is 3.72. The number of amides is 1. The van der Waals surface area contributed by atoms with Crippen molar-refractivity contribution in [3.63, 3.8) is 0 Å². The highest BCUT2D eigenvalue weighted by molar-refractivity contribution is 7.88. The fourth-order valence-electron chi connectivity index (χ4n) is 2.19. The Morgan fingerprint density at radius 1 is 1.10 bits per heavy atom. The fraction of sp³-hybridized carbons (Fsp3) is 0.278. The first-order valence-electron chi connectivity index (χ1n) is 8.26. The van der Waals surface area contributed by atoms with E-state index in [9.17, 15) is 30.8 Å². The van der Waals surface area contributed by atoms with E-state index in [1.54, 1.807) is 0 Å². The predicted molar refractivity (Wildman–Crippen MR) is 95.4 cm³/mol. The Bertz CT molecular complexity index is 945. The predicted octanol–water partition coefficient (Wildman–Crippen LogP) is 3.35. The zero-order valence-corrected chi connectivity index (χ0v) is 15.9. The van der Waals surface area contributed by atoms with Gasteiger partial charge in [0.15, 0.2) is 0 Å². The largest absolute Gasteiger partial charge is 0.534 e. The first-order valence-corrected chi connectivity index (χ1v) is 9.67. The van der Waals surface area contributed by atoms with Gasteiger partial charge in [0.05, 0.1) is 12.5 Å². The molecule has 0 radical (unpaired) electrons. The summed E-state index contributed by atoms with van der Waals surface area (Å²) in [6.07, 6.45) is 0. The number of alkyl halides is 3. The van der Waals surface area contributed by atoms with E-state index in [0.29, 0.717) is 5.75 Å². The average molecular weight is 435 g/mol. The maximum absolute atomic E-state index is 12.8. The van der Waals surface area contributed by atoms with Gasteiger partial charge in [-0.3, -0.25) is 4.79 Å². The van der Waals surface area contributed by atoms with Crippen LogP contribution in [0.15, 0.2) is 48.5 Å². The second-order valence-corrected chi connectivity index (χ2v) is 7.41. The molecule has 29 heavy (non-hydrogen) atoms. The fourth-order valence-corrected chi connectivity index (χ4v) is 2.64. The molecule has 0 aromatic heterocycles. The Labute approximate surface area is 164 Å². The molecule has 2 aromatic rings. The second-order valence-electron chi connectivity index (χ2n) is 5.87. The number of benzene rings is 2. The Balaban J connectivity index is 1.91. The van der Waals surface area contributed by atoms with Crippen LogP contribution < -0.4 is 14.2 Å². The molecule has 0 spiro atoms. The molecule has 0 aliphatic rings. The molecular weight excluding hydrogens is 418 g/mol. The molecule has 0 aliphatic heterocycles. The average Bonchev–Trinajstić information content (AvgIpc) is 2.65. The van der Waals surface area contributed by atoms with Gasteiger partial charge in [0.1, 0.15) is 23.9 Å². The molecule has 1 unspecified atom stereocenters. The zero-order valence-electron chi connectivity index (χ0n) is 15.1. The number of hydrogen-bond donors (Lipinski definition) is 1. The number of halogens is 4. The van der Waals surface area contributed by atoms with Crippen molar-refractivity contribution in [1.29, 1.82) is 0 Å². The van der Waals surface area contributed by atoms with Gasteiger partial charge in [-0.25, -0.2) is 4.39 Å². The number of nitrogens with one attached hydrogen (secondary N) is 1. The molecule has 0 aliphatic carbocycles. The van der Waals surface area contributed by atoms with Gasteiger partial charge in [0, 0.05) is 0 Å². The van der Waals surface area contributed by atoms with E-state index >= 15 is 0 Å². The quantitative estimate of drug-likeness (QED) is 0.298. The molecule has 6 nitrogen and oxygen atoms in total. The van der Waals surface area contributed by atoms with Crippen molar-refractivity contribution in [2.45, 2.75) is 18.3 Å². The topological polar surface area (TPSA) is 81.7 Å². The van der Waals surface area contributed by atoms with Crippen molar-refractivity contribution in [1.82, 2.24) is 5.32 Å². The highest BCUT2D eigenvalue weighted by Gasteiger charge is 2.48. The van der Waals surface area contributed by atoms with Crippen molar-refractivity contribution in [2.75, 3.05) is 13.2 Å². The summed E-state index contributed by atoms with van der Waals surface area (Å²) < 4.78 is 81.6. The van der Waals surface area contributed by atoms with E-state index in [4.69, 9.17) is 4.74 Å². The minimum absolute atomic E-state index is 0.108.